The van der Waals surface area contributed by atoms with E-state index in [0.29, 0.717) is 5.92 Å². The van der Waals surface area contributed by atoms with Gasteiger partial charge in [-0.25, -0.2) is 0 Å². The summed E-state index contributed by atoms with van der Waals surface area (Å²) in [5.41, 5.74) is 19.1. The van der Waals surface area contributed by atoms with Crippen LogP contribution in [0.1, 0.15) is 65.8 Å². The minimum atomic E-state index is 0.609. The first-order chi connectivity index (χ1) is 32.1. The van der Waals surface area contributed by atoms with E-state index in [1.54, 1.807) is 0 Å². The summed E-state index contributed by atoms with van der Waals surface area (Å²) in [4.78, 5) is 4.97. The summed E-state index contributed by atoms with van der Waals surface area (Å²) in [5.74, 6) is 0.609. The van der Waals surface area contributed by atoms with Crippen molar-refractivity contribution < 1.29 is 0 Å². The van der Waals surface area contributed by atoms with Crippen LogP contribution < -0.4 is 9.80 Å². The first-order valence-corrected chi connectivity index (χ1v) is 23.6. The lowest BCUT2D eigenvalue weighted by Crippen LogP contribution is -2.12. The molecule has 0 aliphatic heterocycles. The topological polar surface area (TPSA) is 6.48 Å². The van der Waals surface area contributed by atoms with Gasteiger partial charge in [-0.2, -0.15) is 0 Å². The average molecular weight is 837 g/mol. The maximum atomic E-state index is 2.49. The highest BCUT2D eigenvalue weighted by molar-refractivity contribution is 6.24. The number of aryl methyl sites for hydroxylation is 2. The molecule has 314 valence electrons. The van der Waals surface area contributed by atoms with Crippen molar-refractivity contribution in [2.75, 3.05) is 9.80 Å². The third kappa shape index (κ3) is 6.96. The highest BCUT2D eigenvalue weighted by atomic mass is 15.2. The fourth-order valence-corrected chi connectivity index (χ4v) is 11.2. The fourth-order valence-electron chi connectivity index (χ4n) is 11.2. The molecule has 10 aromatic carbocycles. The molecule has 0 amide bonds. The van der Waals surface area contributed by atoms with Gasteiger partial charge in [0.05, 0.1) is 11.4 Å². The molecular formula is C63H52N2. The predicted molar refractivity (Wildman–Crippen MR) is 277 cm³/mol. The van der Waals surface area contributed by atoms with Gasteiger partial charge in [-0.05, 0) is 160 Å². The maximum absolute atomic E-state index is 2.49. The minimum Gasteiger partial charge on any atom is -0.310 e. The highest BCUT2D eigenvalue weighted by Crippen LogP contribution is 2.50. The minimum absolute atomic E-state index is 0.609. The molecule has 1 fully saturated rings. The molecule has 0 saturated heterocycles. The van der Waals surface area contributed by atoms with Gasteiger partial charge in [0.15, 0.2) is 0 Å². The van der Waals surface area contributed by atoms with Crippen LogP contribution in [0.2, 0.25) is 0 Å². The van der Waals surface area contributed by atoms with Crippen LogP contribution in [0.4, 0.5) is 34.1 Å². The van der Waals surface area contributed by atoms with Crippen molar-refractivity contribution in [2.24, 2.45) is 0 Å². The van der Waals surface area contributed by atoms with E-state index < -0.39 is 0 Å². The van der Waals surface area contributed by atoms with Crippen LogP contribution in [0.15, 0.2) is 200 Å². The SMILES string of the molecule is Cc1ccc2c(c1)-c1cc(N(c3ccccc3)c3cc4c5ccccc5c(N(c5ccccc5)c5cccc(-c6cc(C)ccc6C6CCCCC6)c5)cc4c4ccccc34)ccc1C2. The molecular weight excluding hydrogens is 785 g/mol. The summed E-state index contributed by atoms with van der Waals surface area (Å²) < 4.78 is 0. The third-order valence-corrected chi connectivity index (χ3v) is 14.3. The summed E-state index contributed by atoms with van der Waals surface area (Å²) >= 11 is 0. The van der Waals surface area contributed by atoms with E-state index in [0.717, 1.165) is 29.2 Å². The number of para-hydroxylation sites is 2. The molecule has 2 aliphatic carbocycles. The van der Waals surface area contributed by atoms with Gasteiger partial charge in [-0.15, -0.1) is 0 Å². The largest absolute Gasteiger partial charge is 0.310 e. The van der Waals surface area contributed by atoms with E-state index in [4.69, 9.17) is 0 Å². The number of benzene rings is 10. The number of hydrogen-bond acceptors (Lipinski definition) is 2. The number of anilines is 6. The lowest BCUT2D eigenvalue weighted by atomic mass is 9.80. The van der Waals surface area contributed by atoms with Crippen LogP contribution >= 0.6 is 0 Å². The van der Waals surface area contributed by atoms with Gasteiger partial charge in [0.2, 0.25) is 0 Å². The fraction of sp³-hybridized carbons (Fsp3) is 0.143. The number of nitrogens with zero attached hydrogens (tertiary/aromatic N) is 2. The Morgan fingerprint density at radius 2 is 0.846 bits per heavy atom. The molecule has 12 rings (SSSR count). The van der Waals surface area contributed by atoms with Crippen molar-refractivity contribution >= 4 is 66.4 Å². The molecule has 0 heterocycles. The first-order valence-electron chi connectivity index (χ1n) is 23.6. The Hall–Kier alpha value is -7.42. The summed E-state index contributed by atoms with van der Waals surface area (Å²) in [6.45, 7) is 4.43. The Bertz CT molecular complexity index is 3420. The second-order valence-electron chi connectivity index (χ2n) is 18.5. The van der Waals surface area contributed by atoms with Gasteiger partial charge in [0.25, 0.3) is 0 Å². The Labute approximate surface area is 383 Å². The quantitative estimate of drug-likeness (QED) is 0.141. The first kappa shape index (κ1) is 39.2. The Morgan fingerprint density at radius 3 is 1.46 bits per heavy atom. The molecule has 2 nitrogen and oxygen atoms in total. The molecule has 0 radical (unpaired) electrons. The van der Waals surface area contributed by atoms with Gasteiger partial charge in [-0.1, -0.05) is 170 Å². The number of fused-ring (bicyclic) bond motifs is 8. The molecule has 0 N–H and O–H groups in total. The smallest absolute Gasteiger partial charge is 0.0546 e. The second-order valence-corrected chi connectivity index (χ2v) is 18.5. The molecule has 0 aromatic heterocycles. The molecule has 0 atom stereocenters. The third-order valence-electron chi connectivity index (χ3n) is 14.3. The van der Waals surface area contributed by atoms with Crippen molar-refractivity contribution in [1.82, 2.24) is 0 Å². The number of rotatable bonds is 8. The Balaban J connectivity index is 1.07. The Kier molecular flexibility index (Phi) is 9.82. The lowest BCUT2D eigenvalue weighted by molar-refractivity contribution is 0.444. The standard InChI is InChI=1S/C63H52N2/c1-42-29-31-46-37-47-32-33-51(39-59(47)58(46)36-42)65(49-22-10-5-11-23-49)63-41-61-53-25-12-14-27-55(53)62(40-60(61)54-26-13-15-28-56(54)63)64(48-20-8-4-9-21-48)50-24-16-19-45(38-50)57-35-43(2)30-34-52(57)44-17-6-3-7-18-44/h4-5,8-16,19-36,38-41,44H,3,6-7,17-18,37H2,1-2H3. The molecule has 0 spiro atoms. The lowest BCUT2D eigenvalue weighted by Gasteiger charge is -2.30. The average Bonchev–Trinajstić information content (AvgIpc) is 3.72. The zero-order chi connectivity index (χ0) is 43.4. The van der Waals surface area contributed by atoms with Crippen LogP contribution in [0, 0.1) is 13.8 Å². The van der Waals surface area contributed by atoms with Crippen molar-refractivity contribution in [3.63, 3.8) is 0 Å². The molecule has 2 heteroatoms. The van der Waals surface area contributed by atoms with Gasteiger partial charge in [0, 0.05) is 33.5 Å². The molecule has 0 bridgehead atoms. The van der Waals surface area contributed by atoms with Crippen molar-refractivity contribution in [3.05, 3.63) is 228 Å². The molecule has 0 unspecified atom stereocenters. The van der Waals surface area contributed by atoms with Crippen molar-refractivity contribution in [1.29, 1.82) is 0 Å². The molecule has 65 heavy (non-hydrogen) atoms. The maximum Gasteiger partial charge on any atom is 0.0546 e. The monoisotopic (exact) mass is 836 g/mol. The molecule has 1 saturated carbocycles. The highest BCUT2D eigenvalue weighted by Gasteiger charge is 2.26. The normalized spacial score (nSPS) is 13.6. The zero-order valence-corrected chi connectivity index (χ0v) is 37.3. The van der Waals surface area contributed by atoms with E-state index >= 15 is 0 Å². The van der Waals surface area contributed by atoms with Gasteiger partial charge in [0.1, 0.15) is 0 Å². The summed E-state index contributed by atoms with van der Waals surface area (Å²) in [7, 11) is 0. The van der Waals surface area contributed by atoms with Crippen LogP contribution in [0.3, 0.4) is 0 Å². The zero-order valence-electron chi connectivity index (χ0n) is 37.3. The van der Waals surface area contributed by atoms with Crippen molar-refractivity contribution in [3.8, 4) is 22.3 Å². The van der Waals surface area contributed by atoms with Crippen LogP contribution in [-0.4, -0.2) is 0 Å². The summed E-state index contributed by atoms with van der Waals surface area (Å²) in [5, 5.41) is 7.36. The molecule has 2 aliphatic rings. The predicted octanol–water partition coefficient (Wildman–Crippen LogP) is 18.0. The van der Waals surface area contributed by atoms with E-state index in [9.17, 15) is 0 Å². The van der Waals surface area contributed by atoms with Crippen LogP contribution in [0.5, 0.6) is 0 Å². The van der Waals surface area contributed by atoms with Gasteiger partial charge in [-0.3, -0.25) is 0 Å². The number of hydrogen-bond donors (Lipinski definition) is 0. The summed E-state index contributed by atoms with van der Waals surface area (Å²) in [6, 6.07) is 75.3. The second kappa shape index (κ2) is 16.3. The van der Waals surface area contributed by atoms with Gasteiger partial charge < -0.3 is 9.80 Å². The van der Waals surface area contributed by atoms with Crippen LogP contribution in [0.25, 0.3) is 54.6 Å². The molecule has 10 aromatic rings. The van der Waals surface area contributed by atoms with E-state index in [2.05, 4.69) is 224 Å². The Morgan fingerprint density at radius 1 is 0.354 bits per heavy atom. The van der Waals surface area contributed by atoms with E-state index in [1.807, 2.05) is 0 Å². The van der Waals surface area contributed by atoms with E-state index in [-0.39, 0.29) is 0 Å². The van der Waals surface area contributed by atoms with Crippen LogP contribution in [-0.2, 0) is 6.42 Å². The van der Waals surface area contributed by atoms with E-state index in [1.165, 1.54) is 126 Å². The van der Waals surface area contributed by atoms with Gasteiger partial charge >= 0.3 is 0 Å². The summed E-state index contributed by atoms with van der Waals surface area (Å²) in [6.07, 6.45) is 7.51. The van der Waals surface area contributed by atoms with Crippen molar-refractivity contribution in [2.45, 2.75) is 58.3 Å².